The number of hydrogen-bond acceptors (Lipinski definition) is 6. The Balaban J connectivity index is 1.38. The molecule has 2 aromatic carbocycles. The second kappa shape index (κ2) is 9.56. The highest BCUT2D eigenvalue weighted by Crippen LogP contribution is 2.27. The van der Waals surface area contributed by atoms with Crippen molar-refractivity contribution in [3.8, 4) is 5.75 Å². The van der Waals surface area contributed by atoms with Crippen LogP contribution in [0.25, 0.3) is 0 Å². The van der Waals surface area contributed by atoms with E-state index in [1.807, 2.05) is 36.6 Å². The summed E-state index contributed by atoms with van der Waals surface area (Å²) < 4.78 is 46.5. The van der Waals surface area contributed by atoms with Crippen LogP contribution in [0, 0.1) is 12.7 Å². The summed E-state index contributed by atoms with van der Waals surface area (Å²) in [5.74, 6) is 0.312. The van der Waals surface area contributed by atoms with Gasteiger partial charge in [-0.1, -0.05) is 18.2 Å². The zero-order valence-electron chi connectivity index (χ0n) is 18.1. The molecule has 4 rings (SSSR count). The van der Waals surface area contributed by atoms with Gasteiger partial charge in [0.25, 0.3) is 0 Å². The quantitative estimate of drug-likeness (QED) is 0.515. The van der Waals surface area contributed by atoms with Gasteiger partial charge in [-0.25, -0.2) is 17.8 Å². The lowest BCUT2D eigenvalue weighted by molar-refractivity contribution is 0.340. The first-order valence-electron chi connectivity index (χ1n) is 10.5. The fourth-order valence-corrected chi connectivity index (χ4v) is 6.25. The highest BCUT2D eigenvalue weighted by molar-refractivity contribution is 7.89. The average molecular weight is 476 g/mol. The zero-order chi connectivity index (χ0) is 22.7. The van der Waals surface area contributed by atoms with Crippen molar-refractivity contribution in [2.24, 2.45) is 0 Å². The van der Waals surface area contributed by atoms with Crippen LogP contribution in [0.3, 0.4) is 0 Å². The molecule has 0 unspecified atom stereocenters. The van der Waals surface area contributed by atoms with Gasteiger partial charge in [-0.2, -0.15) is 4.31 Å². The summed E-state index contributed by atoms with van der Waals surface area (Å²) in [5.41, 5.74) is 2.69. The van der Waals surface area contributed by atoms with Gasteiger partial charge in [0.1, 0.15) is 11.6 Å². The molecule has 0 N–H and O–H groups in total. The smallest absolute Gasteiger partial charge is 0.243 e. The van der Waals surface area contributed by atoms with Gasteiger partial charge in [0.15, 0.2) is 5.13 Å². The van der Waals surface area contributed by atoms with E-state index in [2.05, 4.69) is 4.90 Å². The van der Waals surface area contributed by atoms with Crippen molar-refractivity contribution in [3.63, 3.8) is 0 Å². The molecule has 1 fully saturated rings. The number of hydrogen-bond donors (Lipinski definition) is 0. The Labute approximate surface area is 192 Å². The van der Waals surface area contributed by atoms with Crippen LogP contribution in [-0.4, -0.2) is 50.5 Å². The van der Waals surface area contributed by atoms with E-state index in [1.165, 1.54) is 16.4 Å². The molecule has 32 heavy (non-hydrogen) atoms. The second-order valence-electron chi connectivity index (χ2n) is 7.68. The lowest BCUT2D eigenvalue weighted by Crippen LogP contribution is -2.48. The summed E-state index contributed by atoms with van der Waals surface area (Å²) in [4.78, 5) is 6.90. The van der Waals surface area contributed by atoms with Gasteiger partial charge in [-0.15, -0.1) is 11.3 Å². The molecule has 1 aliphatic rings. The number of aryl methyl sites for hydroxylation is 1. The summed E-state index contributed by atoms with van der Waals surface area (Å²) in [6, 6.07) is 11.9. The largest absolute Gasteiger partial charge is 0.494 e. The van der Waals surface area contributed by atoms with Crippen LogP contribution in [-0.2, 0) is 16.4 Å². The third-order valence-corrected chi connectivity index (χ3v) is 8.43. The van der Waals surface area contributed by atoms with E-state index in [0.717, 1.165) is 34.6 Å². The fourth-order valence-electron chi connectivity index (χ4n) is 3.71. The molecular formula is C23H26FN3O3S2. The Morgan fingerprint density at radius 2 is 1.81 bits per heavy atom. The summed E-state index contributed by atoms with van der Waals surface area (Å²) in [7, 11) is -3.72. The molecule has 3 aromatic rings. The van der Waals surface area contributed by atoms with Crippen molar-refractivity contribution in [3.05, 3.63) is 70.5 Å². The molecule has 1 aliphatic heterocycles. The maximum Gasteiger partial charge on any atom is 0.243 e. The Morgan fingerprint density at radius 3 is 2.50 bits per heavy atom. The first-order valence-corrected chi connectivity index (χ1v) is 12.9. The minimum atomic E-state index is -3.72. The molecule has 0 atom stereocenters. The fraction of sp³-hybridized carbons (Fsp3) is 0.348. The molecule has 0 amide bonds. The van der Waals surface area contributed by atoms with Crippen LogP contribution in [0.2, 0.25) is 0 Å². The van der Waals surface area contributed by atoms with Crippen LogP contribution >= 0.6 is 11.3 Å². The molecule has 6 nitrogen and oxygen atoms in total. The Bertz CT molecular complexity index is 1170. The first-order chi connectivity index (χ1) is 15.4. The number of nitrogens with zero attached hydrogens (tertiary/aromatic N) is 3. The van der Waals surface area contributed by atoms with Crippen LogP contribution in [0.15, 0.2) is 52.7 Å². The zero-order valence-corrected chi connectivity index (χ0v) is 19.8. The van der Waals surface area contributed by atoms with E-state index >= 15 is 0 Å². The number of sulfonamides is 1. The van der Waals surface area contributed by atoms with E-state index < -0.39 is 15.8 Å². The van der Waals surface area contributed by atoms with E-state index in [1.54, 1.807) is 18.3 Å². The molecular weight excluding hydrogens is 449 g/mol. The minimum Gasteiger partial charge on any atom is -0.494 e. The number of anilines is 1. The Hall–Kier alpha value is -2.49. The molecule has 2 heterocycles. The number of piperazine rings is 1. The molecule has 0 bridgehead atoms. The van der Waals surface area contributed by atoms with E-state index in [4.69, 9.17) is 9.72 Å². The second-order valence-corrected chi connectivity index (χ2v) is 10.4. The Kier molecular flexibility index (Phi) is 6.78. The van der Waals surface area contributed by atoms with Crippen molar-refractivity contribution < 1.29 is 17.5 Å². The van der Waals surface area contributed by atoms with Crippen molar-refractivity contribution >= 4 is 26.5 Å². The maximum atomic E-state index is 13.6. The lowest BCUT2D eigenvalue weighted by Gasteiger charge is -2.34. The molecule has 0 radical (unpaired) electrons. The summed E-state index contributed by atoms with van der Waals surface area (Å²) in [6.07, 6.45) is 0.732. The molecule has 1 aromatic heterocycles. The topological polar surface area (TPSA) is 62.7 Å². The van der Waals surface area contributed by atoms with Crippen LogP contribution in [0.5, 0.6) is 5.75 Å². The first kappa shape index (κ1) is 22.7. The number of aromatic nitrogens is 1. The van der Waals surface area contributed by atoms with Gasteiger partial charge in [0.2, 0.25) is 10.0 Å². The van der Waals surface area contributed by atoms with Crippen LogP contribution in [0.1, 0.15) is 23.7 Å². The van der Waals surface area contributed by atoms with Gasteiger partial charge in [-0.05, 0) is 49.2 Å². The predicted octanol–water partition coefficient (Wildman–Crippen LogP) is 4.09. The average Bonchev–Trinajstić information content (AvgIpc) is 3.25. The van der Waals surface area contributed by atoms with E-state index in [9.17, 15) is 12.8 Å². The normalized spacial score (nSPS) is 15.2. The SMILES string of the molecule is CCOc1ccc(Cc2csc(N3CCN(S(=O)(=O)c4cc(F)ccc4C)CC3)n2)cc1. The van der Waals surface area contributed by atoms with Gasteiger partial charge >= 0.3 is 0 Å². The monoisotopic (exact) mass is 475 g/mol. The summed E-state index contributed by atoms with van der Waals surface area (Å²) >= 11 is 1.57. The molecule has 170 valence electrons. The lowest BCUT2D eigenvalue weighted by atomic mass is 10.1. The Morgan fingerprint density at radius 1 is 1.09 bits per heavy atom. The minimum absolute atomic E-state index is 0.0397. The third-order valence-electron chi connectivity index (χ3n) is 5.44. The van der Waals surface area contributed by atoms with Crippen molar-refractivity contribution in [2.75, 3.05) is 37.7 Å². The highest BCUT2D eigenvalue weighted by Gasteiger charge is 2.30. The summed E-state index contributed by atoms with van der Waals surface area (Å²) in [5, 5.41) is 2.94. The van der Waals surface area contributed by atoms with Crippen LogP contribution < -0.4 is 9.64 Å². The number of thiazole rings is 1. The highest BCUT2D eigenvalue weighted by atomic mass is 32.2. The molecule has 0 saturated carbocycles. The van der Waals surface area contributed by atoms with Crippen molar-refractivity contribution in [1.82, 2.24) is 9.29 Å². The van der Waals surface area contributed by atoms with E-state index in [-0.39, 0.29) is 4.90 Å². The van der Waals surface area contributed by atoms with Gasteiger partial charge < -0.3 is 9.64 Å². The number of ether oxygens (including phenoxy) is 1. The van der Waals surface area contributed by atoms with Gasteiger partial charge in [0, 0.05) is 38.0 Å². The molecule has 0 aliphatic carbocycles. The van der Waals surface area contributed by atoms with Crippen LogP contribution in [0.4, 0.5) is 9.52 Å². The van der Waals surface area contributed by atoms with Crippen molar-refractivity contribution in [1.29, 1.82) is 0 Å². The van der Waals surface area contributed by atoms with E-state index in [0.29, 0.717) is 38.3 Å². The standard InChI is InChI=1S/C23H26FN3O3S2/c1-3-30-21-8-5-18(6-9-21)14-20-16-31-23(25-20)26-10-12-27(13-11-26)32(28,29)22-15-19(24)7-4-17(22)2/h4-9,15-16H,3,10-14H2,1-2H3. The maximum absolute atomic E-state index is 13.6. The van der Waals surface area contributed by atoms with Gasteiger partial charge in [0.05, 0.1) is 17.2 Å². The van der Waals surface area contributed by atoms with Gasteiger partial charge in [-0.3, -0.25) is 0 Å². The molecule has 1 saturated heterocycles. The predicted molar refractivity (Wildman–Crippen MR) is 125 cm³/mol. The number of rotatable bonds is 7. The third kappa shape index (κ3) is 4.95. The number of halogens is 1. The summed E-state index contributed by atoms with van der Waals surface area (Å²) in [6.45, 7) is 6.06. The molecule has 0 spiro atoms. The number of benzene rings is 2. The molecule has 9 heteroatoms. The van der Waals surface area contributed by atoms with Crippen molar-refractivity contribution in [2.45, 2.75) is 25.2 Å².